The number of aryl methyl sites for hydroxylation is 3. The Kier molecular flexibility index (Phi) is 5.31. The molecule has 2 aromatic heterocycles. The van der Waals surface area contributed by atoms with Gasteiger partial charge < -0.3 is 19.5 Å². The molecule has 9 nitrogen and oxygen atoms in total. The summed E-state index contributed by atoms with van der Waals surface area (Å²) in [6, 6.07) is 0. The van der Waals surface area contributed by atoms with E-state index in [1.807, 2.05) is 30.5 Å². The maximum absolute atomic E-state index is 12.8. The number of hydrogen-bond acceptors (Lipinski definition) is 6. The number of hydrogen-bond donors (Lipinski definition) is 1. The highest BCUT2D eigenvalue weighted by Crippen LogP contribution is 2.37. The fraction of sp³-hybridized carbons (Fsp3) is 0.652. The predicted octanol–water partition coefficient (Wildman–Crippen LogP) is 1.84. The lowest BCUT2D eigenvalue weighted by Gasteiger charge is -2.44. The fourth-order valence-corrected chi connectivity index (χ4v) is 4.88. The number of ether oxygens (including phenoxy) is 1. The molecule has 9 heteroatoms. The van der Waals surface area contributed by atoms with Gasteiger partial charge in [-0.05, 0) is 45.4 Å². The van der Waals surface area contributed by atoms with Crippen LogP contribution in [-0.2, 0) is 36.0 Å². The summed E-state index contributed by atoms with van der Waals surface area (Å²) in [5.41, 5.74) is 3.83. The van der Waals surface area contributed by atoms with Crippen LogP contribution in [0.5, 0.6) is 0 Å². The number of fused-ring (bicyclic) bond motifs is 1. The second kappa shape index (κ2) is 8.03. The van der Waals surface area contributed by atoms with Crippen molar-refractivity contribution in [2.75, 3.05) is 19.6 Å². The molecule has 1 saturated carbocycles. The van der Waals surface area contributed by atoms with Crippen LogP contribution in [0.1, 0.15) is 64.4 Å². The molecule has 32 heavy (non-hydrogen) atoms. The first kappa shape index (κ1) is 21.2. The molecule has 0 aromatic carbocycles. The summed E-state index contributed by atoms with van der Waals surface area (Å²) in [5.74, 6) is 1.33. The van der Waals surface area contributed by atoms with Crippen LogP contribution in [0.2, 0.25) is 0 Å². The van der Waals surface area contributed by atoms with Crippen LogP contribution >= 0.6 is 0 Å². The number of rotatable bonds is 5. The smallest absolute Gasteiger partial charge is 0.272 e. The van der Waals surface area contributed by atoms with Gasteiger partial charge in [0.1, 0.15) is 5.76 Å². The number of nitrogens with one attached hydrogen (secondary N) is 1. The molecule has 3 aliphatic rings. The normalized spacial score (nSPS) is 19.8. The van der Waals surface area contributed by atoms with Gasteiger partial charge in [-0.1, -0.05) is 5.16 Å². The Morgan fingerprint density at radius 2 is 1.97 bits per heavy atom. The summed E-state index contributed by atoms with van der Waals surface area (Å²) < 4.78 is 13.4. The third kappa shape index (κ3) is 3.94. The van der Waals surface area contributed by atoms with E-state index in [-0.39, 0.29) is 17.4 Å². The Labute approximate surface area is 187 Å². The SMILES string of the molecule is Cc1noc(C)c1CC(=O)N1CCC2(CC1)Cc1c(c(C(=O)NCC3CC3)nn1C)CO2. The van der Waals surface area contributed by atoms with E-state index >= 15 is 0 Å². The van der Waals surface area contributed by atoms with Gasteiger partial charge in [-0.3, -0.25) is 14.3 Å². The summed E-state index contributed by atoms with van der Waals surface area (Å²) >= 11 is 0. The first-order valence-electron chi connectivity index (χ1n) is 11.5. The van der Waals surface area contributed by atoms with Crippen LogP contribution in [0, 0.1) is 19.8 Å². The summed E-state index contributed by atoms with van der Waals surface area (Å²) in [5, 5.41) is 11.5. The average molecular weight is 442 g/mol. The zero-order valence-electron chi connectivity index (χ0n) is 19.1. The number of nitrogens with zero attached hydrogens (tertiary/aromatic N) is 4. The third-order valence-electron chi connectivity index (χ3n) is 7.29. The standard InChI is InChI=1S/C23H31N5O4/c1-14-17(15(2)32-26-14)10-20(29)28-8-6-23(7-9-28)11-19-18(13-31-23)21(25-27(19)3)22(30)24-12-16-4-5-16/h16H,4-13H2,1-3H3,(H,24,30). The van der Waals surface area contributed by atoms with Crippen molar-refractivity contribution in [2.45, 2.75) is 64.6 Å². The topological polar surface area (TPSA) is 102 Å². The highest BCUT2D eigenvalue weighted by atomic mass is 16.5. The van der Waals surface area contributed by atoms with E-state index < -0.39 is 0 Å². The first-order chi connectivity index (χ1) is 15.3. The summed E-state index contributed by atoms with van der Waals surface area (Å²) in [4.78, 5) is 27.4. The number of piperidine rings is 1. The second-order valence-electron chi connectivity index (χ2n) is 9.56. The van der Waals surface area contributed by atoms with Gasteiger partial charge >= 0.3 is 0 Å². The van der Waals surface area contributed by atoms with Gasteiger partial charge in [0.2, 0.25) is 5.91 Å². The van der Waals surface area contributed by atoms with E-state index in [4.69, 9.17) is 9.26 Å². The fourth-order valence-electron chi connectivity index (χ4n) is 4.88. The van der Waals surface area contributed by atoms with Gasteiger partial charge in [-0.15, -0.1) is 0 Å². The lowest BCUT2D eigenvalue weighted by molar-refractivity contribution is -0.140. The van der Waals surface area contributed by atoms with Crippen LogP contribution in [0.4, 0.5) is 0 Å². The lowest BCUT2D eigenvalue weighted by atomic mass is 9.83. The quantitative estimate of drug-likeness (QED) is 0.760. The zero-order valence-corrected chi connectivity index (χ0v) is 19.1. The summed E-state index contributed by atoms with van der Waals surface area (Å²) in [6.07, 6.45) is 4.98. The maximum Gasteiger partial charge on any atom is 0.272 e. The maximum atomic E-state index is 12.8. The third-order valence-corrected chi connectivity index (χ3v) is 7.29. The molecule has 4 heterocycles. The molecular formula is C23H31N5O4. The van der Waals surface area contributed by atoms with Crippen molar-refractivity contribution < 1.29 is 18.8 Å². The zero-order chi connectivity index (χ0) is 22.5. The molecule has 1 aliphatic carbocycles. The van der Waals surface area contributed by atoms with Crippen molar-refractivity contribution in [3.8, 4) is 0 Å². The van der Waals surface area contributed by atoms with Crippen molar-refractivity contribution in [1.82, 2.24) is 25.2 Å². The number of likely N-dealkylation sites (tertiary alicyclic amines) is 1. The van der Waals surface area contributed by atoms with Crippen molar-refractivity contribution in [3.05, 3.63) is 34.0 Å². The molecule has 0 atom stereocenters. The number of aromatic nitrogens is 3. The van der Waals surface area contributed by atoms with E-state index in [1.54, 1.807) is 0 Å². The molecule has 1 saturated heterocycles. The number of amides is 2. The van der Waals surface area contributed by atoms with Crippen LogP contribution in [0.3, 0.4) is 0 Å². The van der Waals surface area contributed by atoms with Gasteiger partial charge in [-0.2, -0.15) is 5.10 Å². The van der Waals surface area contributed by atoms with Crippen LogP contribution in [0.25, 0.3) is 0 Å². The minimum absolute atomic E-state index is 0.0981. The van der Waals surface area contributed by atoms with E-state index in [1.165, 1.54) is 12.8 Å². The van der Waals surface area contributed by atoms with Crippen molar-refractivity contribution in [1.29, 1.82) is 0 Å². The molecule has 0 unspecified atom stereocenters. The monoisotopic (exact) mass is 441 g/mol. The van der Waals surface area contributed by atoms with Gasteiger partial charge in [-0.25, -0.2) is 0 Å². The molecule has 2 aromatic rings. The minimum Gasteiger partial charge on any atom is -0.370 e. The molecule has 5 rings (SSSR count). The first-order valence-corrected chi connectivity index (χ1v) is 11.5. The summed E-state index contributed by atoms with van der Waals surface area (Å²) in [7, 11) is 1.90. The van der Waals surface area contributed by atoms with Gasteiger partial charge in [0.05, 0.1) is 24.3 Å². The molecule has 0 bridgehead atoms. The molecular weight excluding hydrogens is 410 g/mol. The molecule has 0 radical (unpaired) electrons. The number of carbonyl (C=O) groups is 2. The molecule has 172 valence electrons. The Morgan fingerprint density at radius 1 is 1.22 bits per heavy atom. The highest BCUT2D eigenvalue weighted by molar-refractivity contribution is 5.94. The van der Waals surface area contributed by atoms with E-state index in [0.29, 0.717) is 49.9 Å². The van der Waals surface area contributed by atoms with Crippen LogP contribution in [0.15, 0.2) is 4.52 Å². The van der Waals surface area contributed by atoms with Gasteiger partial charge in [0.25, 0.3) is 5.91 Å². The van der Waals surface area contributed by atoms with Gasteiger partial charge in [0.15, 0.2) is 5.69 Å². The lowest BCUT2D eigenvalue weighted by Crippen LogP contribution is -2.51. The van der Waals surface area contributed by atoms with E-state index in [0.717, 1.165) is 41.9 Å². The Morgan fingerprint density at radius 3 is 2.62 bits per heavy atom. The minimum atomic E-state index is -0.303. The molecule has 2 fully saturated rings. The van der Waals surface area contributed by atoms with E-state index in [9.17, 15) is 9.59 Å². The van der Waals surface area contributed by atoms with Crippen molar-refractivity contribution >= 4 is 11.8 Å². The van der Waals surface area contributed by atoms with Crippen molar-refractivity contribution in [3.63, 3.8) is 0 Å². The van der Waals surface area contributed by atoms with Gasteiger partial charge in [0, 0.05) is 49.9 Å². The van der Waals surface area contributed by atoms with Crippen LogP contribution < -0.4 is 5.32 Å². The average Bonchev–Trinajstić information content (AvgIpc) is 3.50. The Bertz CT molecular complexity index is 1020. The number of carbonyl (C=O) groups excluding carboxylic acids is 2. The Hall–Kier alpha value is -2.68. The van der Waals surface area contributed by atoms with Crippen LogP contribution in [-0.4, -0.2) is 56.9 Å². The highest BCUT2D eigenvalue weighted by Gasteiger charge is 2.42. The predicted molar refractivity (Wildman–Crippen MR) is 115 cm³/mol. The Balaban J connectivity index is 1.22. The van der Waals surface area contributed by atoms with E-state index in [2.05, 4.69) is 15.6 Å². The van der Waals surface area contributed by atoms with Crippen molar-refractivity contribution in [2.24, 2.45) is 13.0 Å². The summed E-state index contributed by atoms with van der Waals surface area (Å²) in [6.45, 7) is 6.14. The molecule has 2 aliphatic heterocycles. The molecule has 2 amide bonds. The second-order valence-corrected chi connectivity index (χ2v) is 9.56. The molecule has 1 N–H and O–H groups in total. The molecule has 1 spiro atoms. The largest absolute Gasteiger partial charge is 0.370 e.